The quantitative estimate of drug-likeness (QED) is 0.386. The molecule has 0 atom stereocenters. The highest BCUT2D eigenvalue weighted by molar-refractivity contribution is 7.99. The van der Waals surface area contributed by atoms with E-state index >= 15 is 0 Å². The molecule has 7 nitrogen and oxygen atoms in total. The number of hydrogen-bond donors (Lipinski definition) is 1. The number of hydrogen-bond acceptors (Lipinski definition) is 6. The average molecular weight is 465 g/mol. The topological polar surface area (TPSA) is 86.1 Å². The monoisotopic (exact) mass is 464 g/mol. The first-order valence-corrected chi connectivity index (χ1v) is 10.6. The van der Waals surface area contributed by atoms with Gasteiger partial charge in [0.2, 0.25) is 5.91 Å². The summed E-state index contributed by atoms with van der Waals surface area (Å²) in [4.78, 5) is 23.7. The van der Waals surface area contributed by atoms with Gasteiger partial charge in [-0.05, 0) is 31.2 Å². The van der Waals surface area contributed by atoms with E-state index in [1.807, 2.05) is 0 Å². The van der Waals surface area contributed by atoms with E-state index in [1.54, 1.807) is 54.1 Å². The van der Waals surface area contributed by atoms with Gasteiger partial charge in [-0.25, -0.2) is 0 Å². The number of ketones is 1. The van der Waals surface area contributed by atoms with Crippen LogP contribution in [0.4, 0.5) is 5.69 Å². The lowest BCUT2D eigenvalue weighted by Crippen LogP contribution is -2.15. The van der Waals surface area contributed by atoms with Crippen LogP contribution >= 0.6 is 35.0 Å². The summed E-state index contributed by atoms with van der Waals surface area (Å²) in [5.41, 5.74) is 1.11. The number of halogens is 2. The molecule has 1 heterocycles. The standard InChI is InChI=1S/C20H18Cl2N4O3S/c1-12(27)13-4-3-5-15(8-13)23-19(28)11-30-20-25-24-18(26(20)2)10-29-17-9-14(21)6-7-16(17)22/h3-9H,10-11H2,1-2H3,(H,23,28). The fraction of sp³-hybridized carbons (Fsp3) is 0.200. The molecule has 1 aromatic heterocycles. The lowest BCUT2D eigenvalue weighted by atomic mass is 10.1. The van der Waals surface area contributed by atoms with Crippen LogP contribution in [-0.2, 0) is 18.4 Å². The number of aromatic nitrogens is 3. The van der Waals surface area contributed by atoms with Crippen LogP contribution in [-0.4, -0.2) is 32.2 Å². The number of Topliss-reactive ketones (excluding diaryl/α,β-unsaturated/α-hetero) is 1. The Balaban J connectivity index is 1.56. The number of nitrogens with zero attached hydrogens (tertiary/aromatic N) is 3. The van der Waals surface area contributed by atoms with Crippen molar-refractivity contribution in [1.82, 2.24) is 14.8 Å². The Morgan fingerprint density at radius 3 is 2.73 bits per heavy atom. The number of carbonyl (C=O) groups excluding carboxylic acids is 2. The normalized spacial score (nSPS) is 10.7. The molecule has 0 saturated carbocycles. The van der Waals surface area contributed by atoms with Crippen molar-refractivity contribution in [3.63, 3.8) is 0 Å². The van der Waals surface area contributed by atoms with Gasteiger partial charge < -0.3 is 14.6 Å². The number of benzene rings is 2. The molecule has 0 aliphatic carbocycles. The van der Waals surface area contributed by atoms with E-state index in [4.69, 9.17) is 27.9 Å². The Kier molecular flexibility index (Phi) is 7.36. The summed E-state index contributed by atoms with van der Waals surface area (Å²) >= 11 is 13.3. The number of ether oxygens (including phenoxy) is 1. The highest BCUT2D eigenvalue weighted by Crippen LogP contribution is 2.28. The summed E-state index contributed by atoms with van der Waals surface area (Å²) in [5, 5.41) is 12.5. The summed E-state index contributed by atoms with van der Waals surface area (Å²) in [6, 6.07) is 11.8. The molecule has 0 aliphatic rings. The van der Waals surface area contributed by atoms with Crippen LogP contribution in [0.3, 0.4) is 0 Å². The molecule has 1 amide bonds. The maximum Gasteiger partial charge on any atom is 0.234 e. The van der Waals surface area contributed by atoms with Crippen LogP contribution in [0.1, 0.15) is 23.1 Å². The Bertz CT molecular complexity index is 1090. The molecule has 3 aromatic rings. The van der Waals surface area contributed by atoms with E-state index in [9.17, 15) is 9.59 Å². The minimum absolute atomic E-state index is 0.0617. The Hall–Kier alpha value is -2.55. The third-order valence-electron chi connectivity index (χ3n) is 4.06. The third-order valence-corrected chi connectivity index (χ3v) is 5.63. The molecule has 156 valence electrons. The first-order valence-electron chi connectivity index (χ1n) is 8.83. The van der Waals surface area contributed by atoms with Gasteiger partial charge in [0.05, 0.1) is 10.8 Å². The van der Waals surface area contributed by atoms with Gasteiger partial charge in [0.15, 0.2) is 16.8 Å². The Morgan fingerprint density at radius 2 is 1.97 bits per heavy atom. The molecule has 0 spiro atoms. The summed E-state index contributed by atoms with van der Waals surface area (Å²) in [5.74, 6) is 0.884. The second kappa shape index (κ2) is 9.97. The van der Waals surface area contributed by atoms with Gasteiger partial charge in [0, 0.05) is 29.4 Å². The zero-order chi connectivity index (χ0) is 21.7. The van der Waals surface area contributed by atoms with E-state index in [2.05, 4.69) is 15.5 Å². The van der Waals surface area contributed by atoms with E-state index in [-0.39, 0.29) is 24.1 Å². The van der Waals surface area contributed by atoms with Crippen LogP contribution in [0, 0.1) is 0 Å². The predicted molar refractivity (Wildman–Crippen MR) is 118 cm³/mol. The zero-order valence-corrected chi connectivity index (χ0v) is 18.5. The SMILES string of the molecule is CC(=O)c1cccc(NC(=O)CSc2nnc(COc3cc(Cl)ccc3Cl)n2C)c1. The molecule has 0 fully saturated rings. The number of thioether (sulfide) groups is 1. The first-order chi connectivity index (χ1) is 14.3. The highest BCUT2D eigenvalue weighted by Gasteiger charge is 2.13. The van der Waals surface area contributed by atoms with Gasteiger partial charge >= 0.3 is 0 Å². The molecule has 0 aliphatic heterocycles. The molecule has 3 rings (SSSR count). The van der Waals surface area contributed by atoms with Crippen LogP contribution in [0.2, 0.25) is 10.0 Å². The summed E-state index contributed by atoms with van der Waals surface area (Å²) in [6.45, 7) is 1.63. The van der Waals surface area contributed by atoms with E-state index < -0.39 is 0 Å². The molecule has 10 heteroatoms. The molecule has 1 N–H and O–H groups in total. The first kappa shape index (κ1) is 22.1. The average Bonchev–Trinajstić information content (AvgIpc) is 3.07. The number of anilines is 1. The molecule has 0 bridgehead atoms. The van der Waals surface area contributed by atoms with Crippen molar-refractivity contribution in [2.45, 2.75) is 18.7 Å². The maximum atomic E-state index is 12.2. The van der Waals surface area contributed by atoms with Gasteiger partial charge in [-0.15, -0.1) is 10.2 Å². The highest BCUT2D eigenvalue weighted by atomic mass is 35.5. The number of amides is 1. The zero-order valence-electron chi connectivity index (χ0n) is 16.2. The van der Waals surface area contributed by atoms with Crippen molar-refractivity contribution in [3.05, 3.63) is 63.9 Å². The summed E-state index contributed by atoms with van der Waals surface area (Å²) in [7, 11) is 1.79. The number of nitrogens with one attached hydrogen (secondary N) is 1. The van der Waals surface area contributed by atoms with Gasteiger partial charge in [0.1, 0.15) is 12.4 Å². The lowest BCUT2D eigenvalue weighted by molar-refractivity contribution is -0.113. The van der Waals surface area contributed by atoms with Crippen LogP contribution in [0.25, 0.3) is 0 Å². The van der Waals surface area contributed by atoms with Crippen molar-refractivity contribution < 1.29 is 14.3 Å². The molecular formula is C20H18Cl2N4O3S. The van der Waals surface area contributed by atoms with Gasteiger partial charge in [0.25, 0.3) is 0 Å². The van der Waals surface area contributed by atoms with Crippen molar-refractivity contribution >= 4 is 52.3 Å². The Labute approximate surface area is 187 Å². The Morgan fingerprint density at radius 1 is 1.17 bits per heavy atom. The lowest BCUT2D eigenvalue weighted by Gasteiger charge is -2.09. The van der Waals surface area contributed by atoms with Crippen molar-refractivity contribution in [3.8, 4) is 5.75 Å². The number of carbonyl (C=O) groups is 2. The largest absolute Gasteiger partial charge is 0.484 e. The maximum absolute atomic E-state index is 12.2. The predicted octanol–water partition coefficient (Wildman–Crippen LogP) is 4.63. The van der Waals surface area contributed by atoms with Crippen molar-refractivity contribution in [2.24, 2.45) is 7.05 Å². The minimum Gasteiger partial charge on any atom is -0.484 e. The van der Waals surface area contributed by atoms with E-state index in [0.717, 1.165) is 0 Å². The molecule has 0 unspecified atom stereocenters. The second-order valence-electron chi connectivity index (χ2n) is 6.30. The van der Waals surface area contributed by atoms with Crippen LogP contribution in [0.15, 0.2) is 47.6 Å². The minimum atomic E-state index is -0.216. The van der Waals surface area contributed by atoms with Gasteiger partial charge in [-0.3, -0.25) is 9.59 Å². The van der Waals surface area contributed by atoms with Crippen molar-refractivity contribution in [2.75, 3.05) is 11.1 Å². The van der Waals surface area contributed by atoms with Crippen LogP contribution < -0.4 is 10.1 Å². The second-order valence-corrected chi connectivity index (χ2v) is 8.08. The number of rotatable bonds is 8. The van der Waals surface area contributed by atoms with Crippen LogP contribution in [0.5, 0.6) is 5.75 Å². The molecule has 0 radical (unpaired) electrons. The van der Waals surface area contributed by atoms with Gasteiger partial charge in [-0.2, -0.15) is 0 Å². The van der Waals surface area contributed by atoms with E-state index in [0.29, 0.717) is 38.0 Å². The fourth-order valence-corrected chi connectivity index (χ4v) is 3.53. The fourth-order valence-electron chi connectivity index (χ4n) is 2.47. The molecule has 2 aromatic carbocycles. The summed E-state index contributed by atoms with van der Waals surface area (Å²) < 4.78 is 7.42. The summed E-state index contributed by atoms with van der Waals surface area (Å²) in [6.07, 6.45) is 0. The van der Waals surface area contributed by atoms with Gasteiger partial charge in [-0.1, -0.05) is 47.1 Å². The molecule has 30 heavy (non-hydrogen) atoms. The molecule has 0 saturated heterocycles. The van der Waals surface area contributed by atoms with Crippen molar-refractivity contribution in [1.29, 1.82) is 0 Å². The van der Waals surface area contributed by atoms with E-state index in [1.165, 1.54) is 18.7 Å². The molecular weight excluding hydrogens is 447 g/mol. The smallest absolute Gasteiger partial charge is 0.234 e. The third kappa shape index (κ3) is 5.75.